The number of nitrogens with one attached hydrogen (secondary N) is 1. The molecule has 0 amide bonds. The van der Waals surface area contributed by atoms with Crippen molar-refractivity contribution in [3.63, 3.8) is 0 Å². The number of thiophene rings is 1. The van der Waals surface area contributed by atoms with Crippen LogP contribution >= 0.6 is 11.3 Å². The van der Waals surface area contributed by atoms with E-state index in [2.05, 4.69) is 20.3 Å². The summed E-state index contributed by atoms with van der Waals surface area (Å²) in [6.07, 6.45) is -1.41. The largest absolute Gasteiger partial charge is 0.490 e. The zero-order valence-corrected chi connectivity index (χ0v) is 18.2. The third kappa shape index (κ3) is 6.73. The van der Waals surface area contributed by atoms with Crippen molar-refractivity contribution >= 4 is 45.0 Å². The van der Waals surface area contributed by atoms with Gasteiger partial charge in [0.2, 0.25) is 5.88 Å². The Bertz CT molecular complexity index is 1140. The molecule has 0 bridgehead atoms. The van der Waals surface area contributed by atoms with Crippen molar-refractivity contribution in [3.05, 3.63) is 35.1 Å². The van der Waals surface area contributed by atoms with Gasteiger partial charge in [-0.05, 0) is 44.5 Å². The van der Waals surface area contributed by atoms with Crippen LogP contribution in [0.5, 0.6) is 5.88 Å². The fourth-order valence-electron chi connectivity index (χ4n) is 2.56. The number of hydrogen-bond acceptors (Lipinski definition) is 9. The summed E-state index contributed by atoms with van der Waals surface area (Å²) in [5.74, 6) is -2.78. The highest BCUT2D eigenvalue weighted by molar-refractivity contribution is 7.20. The van der Waals surface area contributed by atoms with Gasteiger partial charge in [-0.3, -0.25) is 0 Å². The molecule has 33 heavy (non-hydrogen) atoms. The summed E-state index contributed by atoms with van der Waals surface area (Å²) < 4.78 is 37.6. The van der Waals surface area contributed by atoms with Crippen LogP contribution in [0.4, 0.5) is 24.7 Å². The molecule has 3 aromatic heterocycles. The number of carboxylic acid groups (broad SMARTS) is 2. The van der Waals surface area contributed by atoms with Gasteiger partial charge < -0.3 is 26.0 Å². The normalized spacial score (nSPS) is 11.9. The lowest BCUT2D eigenvalue weighted by atomic mass is 10.2. The second-order valence-corrected chi connectivity index (χ2v) is 7.55. The van der Waals surface area contributed by atoms with E-state index in [1.165, 1.54) is 6.33 Å². The number of nitrogens with two attached hydrogens (primary N) is 1. The molecule has 0 aliphatic carbocycles. The van der Waals surface area contributed by atoms with Crippen molar-refractivity contribution in [2.24, 2.45) is 5.73 Å². The molecular weight excluding hydrogens is 467 g/mol. The first-order chi connectivity index (χ1) is 15.5. The van der Waals surface area contributed by atoms with Crippen LogP contribution in [-0.4, -0.2) is 55.9 Å². The number of fused-ring (bicyclic) bond motifs is 1. The molecule has 3 heterocycles. The number of hydrogen-bond donors (Lipinski definition) is 4. The molecule has 0 fully saturated rings. The van der Waals surface area contributed by atoms with Gasteiger partial charge >= 0.3 is 18.1 Å². The molecule has 1 unspecified atom stereocenters. The van der Waals surface area contributed by atoms with Crippen LogP contribution < -0.4 is 15.8 Å². The van der Waals surface area contributed by atoms with Gasteiger partial charge in [-0.1, -0.05) is 0 Å². The molecule has 0 aliphatic heterocycles. The van der Waals surface area contributed by atoms with Crippen molar-refractivity contribution in [2.45, 2.75) is 32.5 Å². The maximum atomic E-state index is 11.4. The van der Waals surface area contributed by atoms with Crippen LogP contribution in [-0.2, 0) is 4.79 Å². The Labute approximate surface area is 189 Å². The molecule has 0 aromatic carbocycles. The van der Waals surface area contributed by atoms with Gasteiger partial charge in [0.25, 0.3) is 0 Å². The third-order valence-corrected chi connectivity index (χ3v) is 5.26. The van der Waals surface area contributed by atoms with Crippen LogP contribution in [0.2, 0.25) is 0 Å². The van der Waals surface area contributed by atoms with Gasteiger partial charge in [0, 0.05) is 6.20 Å². The quantitative estimate of drug-likeness (QED) is 0.388. The number of nitrogens with zero attached hydrogens (tertiary/aromatic N) is 3. The van der Waals surface area contributed by atoms with Crippen molar-refractivity contribution in [2.75, 3.05) is 11.9 Å². The van der Waals surface area contributed by atoms with Gasteiger partial charge in [0.15, 0.2) is 0 Å². The fraction of sp³-hybridized carbons (Fsp3) is 0.316. The summed E-state index contributed by atoms with van der Waals surface area (Å²) in [6, 6.07) is 3.61. The first-order valence-electron chi connectivity index (χ1n) is 9.32. The highest BCUT2D eigenvalue weighted by Gasteiger charge is 2.38. The molecule has 0 spiro atoms. The van der Waals surface area contributed by atoms with Crippen molar-refractivity contribution in [3.8, 4) is 5.88 Å². The van der Waals surface area contributed by atoms with E-state index in [0.29, 0.717) is 46.1 Å². The average Bonchev–Trinajstić information content (AvgIpc) is 3.07. The van der Waals surface area contributed by atoms with E-state index in [1.807, 2.05) is 13.0 Å². The molecule has 178 valence electrons. The van der Waals surface area contributed by atoms with E-state index < -0.39 is 18.1 Å². The molecule has 0 saturated heterocycles. The van der Waals surface area contributed by atoms with E-state index in [0.717, 1.165) is 11.3 Å². The van der Waals surface area contributed by atoms with E-state index in [9.17, 15) is 23.1 Å². The highest BCUT2D eigenvalue weighted by atomic mass is 32.1. The molecule has 0 radical (unpaired) electrons. The topological polar surface area (TPSA) is 161 Å². The first kappa shape index (κ1) is 25.7. The third-order valence-electron chi connectivity index (χ3n) is 4.07. The van der Waals surface area contributed by atoms with Crippen LogP contribution in [0.1, 0.15) is 28.6 Å². The lowest BCUT2D eigenvalue weighted by molar-refractivity contribution is -0.192. The van der Waals surface area contributed by atoms with Crippen LogP contribution in [0.25, 0.3) is 10.2 Å². The number of aryl methyl sites for hydroxylation is 1. The van der Waals surface area contributed by atoms with Crippen LogP contribution in [0.3, 0.4) is 0 Å². The van der Waals surface area contributed by atoms with Gasteiger partial charge in [-0.25, -0.2) is 24.5 Å². The molecule has 10 nitrogen and oxygen atoms in total. The second kappa shape index (κ2) is 10.9. The maximum Gasteiger partial charge on any atom is 0.490 e. The van der Waals surface area contributed by atoms with Crippen LogP contribution in [0.15, 0.2) is 24.7 Å². The summed E-state index contributed by atoms with van der Waals surface area (Å²) >= 11 is 1.13. The Morgan fingerprint density at radius 2 is 1.94 bits per heavy atom. The number of alkyl halides is 3. The lowest BCUT2D eigenvalue weighted by Gasteiger charge is -2.16. The fourth-order valence-corrected chi connectivity index (χ4v) is 3.55. The SMILES string of the molecule is Cc1c(C(=O)O)sc2ncnc(Nc3cccnc3OC(C)CCN)c12.O=C(O)C(F)(F)F. The van der Waals surface area contributed by atoms with E-state index >= 15 is 0 Å². The number of halogens is 3. The summed E-state index contributed by atoms with van der Waals surface area (Å²) in [5, 5.41) is 20.3. The monoisotopic (exact) mass is 487 g/mol. The highest BCUT2D eigenvalue weighted by Crippen LogP contribution is 2.35. The Kier molecular flexibility index (Phi) is 8.48. The standard InChI is InChI=1S/C17H19N5O3S.C2HF3O2/c1-9(5-6-18)25-15-11(4-3-7-19-15)22-14-12-10(2)13(17(23)24)26-16(12)21-8-20-14;3-2(4,5)1(6)7/h3-4,7-9H,5-6,18H2,1-2H3,(H,23,24)(H,20,21,22);(H,6,7). The van der Waals surface area contributed by atoms with Crippen LogP contribution in [0, 0.1) is 6.92 Å². The smallest absolute Gasteiger partial charge is 0.477 e. The maximum absolute atomic E-state index is 11.4. The summed E-state index contributed by atoms with van der Waals surface area (Å²) in [6.45, 7) is 4.20. The number of anilines is 2. The average molecular weight is 487 g/mol. The molecule has 1 atom stereocenters. The summed E-state index contributed by atoms with van der Waals surface area (Å²) in [5.41, 5.74) is 6.84. The van der Waals surface area contributed by atoms with Gasteiger partial charge in [0.1, 0.15) is 27.5 Å². The molecule has 0 aliphatic rings. The Morgan fingerprint density at radius 1 is 1.27 bits per heavy atom. The number of pyridine rings is 1. The first-order valence-corrected chi connectivity index (χ1v) is 10.1. The molecule has 0 saturated carbocycles. The van der Waals surface area contributed by atoms with E-state index in [1.54, 1.807) is 19.2 Å². The molecule has 14 heteroatoms. The number of ether oxygens (including phenoxy) is 1. The molecular formula is C19H20F3N5O5S. The molecule has 3 aromatic rings. The minimum absolute atomic E-state index is 0.0811. The van der Waals surface area contributed by atoms with Gasteiger partial charge in [-0.2, -0.15) is 13.2 Å². The van der Waals surface area contributed by atoms with E-state index in [4.69, 9.17) is 20.4 Å². The number of carboxylic acids is 2. The van der Waals surface area contributed by atoms with E-state index in [-0.39, 0.29) is 11.0 Å². The lowest BCUT2D eigenvalue weighted by Crippen LogP contribution is -2.21. The summed E-state index contributed by atoms with van der Waals surface area (Å²) in [7, 11) is 0. The zero-order valence-electron chi connectivity index (χ0n) is 17.4. The van der Waals surface area contributed by atoms with Crippen molar-refractivity contribution in [1.82, 2.24) is 15.0 Å². The number of aliphatic carboxylic acids is 1. The minimum Gasteiger partial charge on any atom is -0.477 e. The van der Waals surface area contributed by atoms with Crippen molar-refractivity contribution < 1.29 is 37.7 Å². The Hall–Kier alpha value is -3.52. The number of carbonyl (C=O) groups is 2. The Balaban J connectivity index is 0.000000479. The molecule has 5 N–H and O–H groups in total. The Morgan fingerprint density at radius 3 is 2.52 bits per heavy atom. The van der Waals surface area contributed by atoms with Gasteiger partial charge in [0.05, 0.1) is 11.5 Å². The second-order valence-electron chi connectivity index (χ2n) is 6.55. The molecule has 3 rings (SSSR count). The van der Waals surface area contributed by atoms with Gasteiger partial charge in [-0.15, -0.1) is 11.3 Å². The predicted molar refractivity (Wildman–Crippen MR) is 114 cm³/mol. The predicted octanol–water partition coefficient (Wildman–Crippen LogP) is 3.59. The zero-order chi connectivity index (χ0) is 24.8. The van der Waals surface area contributed by atoms with Crippen molar-refractivity contribution in [1.29, 1.82) is 0 Å². The summed E-state index contributed by atoms with van der Waals surface area (Å²) in [4.78, 5) is 33.9. The number of aromatic carboxylic acids is 1. The number of rotatable bonds is 7. The number of aromatic nitrogens is 3. The minimum atomic E-state index is -5.08.